The molecule has 3 nitrogen and oxygen atoms in total. The maximum absolute atomic E-state index is 6.03. The molecule has 2 heterocycles. The molecular formula is C13H19NO2. The van der Waals surface area contributed by atoms with Crippen LogP contribution in [-0.2, 0) is 11.2 Å². The highest BCUT2D eigenvalue weighted by atomic mass is 16.5. The van der Waals surface area contributed by atoms with Gasteiger partial charge < -0.3 is 14.9 Å². The molecule has 3 rings (SSSR count). The minimum Gasteiger partial charge on any atom is -0.472 e. The fraction of sp³-hybridized carbons (Fsp3) is 0.692. The lowest BCUT2D eigenvalue weighted by molar-refractivity contribution is 0.0344. The quantitative estimate of drug-likeness (QED) is 0.845. The molecular weight excluding hydrogens is 202 g/mol. The minimum absolute atomic E-state index is 0.158. The largest absolute Gasteiger partial charge is 0.472 e. The number of hydrogen-bond acceptors (Lipinski definition) is 3. The van der Waals surface area contributed by atoms with Crippen molar-refractivity contribution in [2.45, 2.75) is 31.8 Å². The topological polar surface area (TPSA) is 48.4 Å². The molecule has 3 heteroatoms. The first-order valence-corrected chi connectivity index (χ1v) is 6.17. The van der Waals surface area contributed by atoms with Crippen molar-refractivity contribution in [3.63, 3.8) is 0 Å². The monoisotopic (exact) mass is 221 g/mol. The number of ether oxygens (including phenoxy) is 1. The second kappa shape index (κ2) is 3.90. The first-order chi connectivity index (χ1) is 7.84. The van der Waals surface area contributed by atoms with Crippen LogP contribution in [0.25, 0.3) is 0 Å². The van der Waals surface area contributed by atoms with Gasteiger partial charge in [0, 0.05) is 18.6 Å². The van der Waals surface area contributed by atoms with E-state index in [1.165, 1.54) is 18.4 Å². The van der Waals surface area contributed by atoms with Crippen LogP contribution in [-0.4, -0.2) is 19.3 Å². The van der Waals surface area contributed by atoms with E-state index in [0.29, 0.717) is 6.10 Å². The Labute approximate surface area is 96.0 Å². The van der Waals surface area contributed by atoms with Gasteiger partial charge in [0.15, 0.2) is 0 Å². The Morgan fingerprint density at radius 3 is 2.94 bits per heavy atom. The molecule has 16 heavy (non-hydrogen) atoms. The summed E-state index contributed by atoms with van der Waals surface area (Å²) >= 11 is 0. The second-order valence-corrected chi connectivity index (χ2v) is 5.25. The van der Waals surface area contributed by atoms with Crippen molar-refractivity contribution >= 4 is 0 Å². The van der Waals surface area contributed by atoms with Crippen molar-refractivity contribution in [3.05, 3.63) is 24.2 Å². The lowest BCUT2D eigenvalue weighted by Crippen LogP contribution is -2.41. The summed E-state index contributed by atoms with van der Waals surface area (Å²) in [6, 6.07) is 2.04. The van der Waals surface area contributed by atoms with Gasteiger partial charge in [-0.15, -0.1) is 0 Å². The van der Waals surface area contributed by atoms with Crippen molar-refractivity contribution in [2.24, 2.45) is 17.1 Å². The molecule has 1 aliphatic heterocycles. The van der Waals surface area contributed by atoms with Crippen molar-refractivity contribution in [3.8, 4) is 0 Å². The summed E-state index contributed by atoms with van der Waals surface area (Å²) < 4.78 is 11.1. The molecule has 1 aromatic heterocycles. The normalized spacial score (nSPS) is 34.4. The van der Waals surface area contributed by atoms with Gasteiger partial charge in [0.05, 0.1) is 18.6 Å². The standard InChI is InChI=1S/C13H19NO2/c14-9-13(7-10-3-5-15-8-10)4-6-16-12(13)11-1-2-11/h3,5,8,11-12H,1-2,4,6-7,9,14H2. The average molecular weight is 221 g/mol. The summed E-state index contributed by atoms with van der Waals surface area (Å²) in [7, 11) is 0. The van der Waals surface area contributed by atoms with Gasteiger partial charge >= 0.3 is 0 Å². The van der Waals surface area contributed by atoms with E-state index in [4.69, 9.17) is 14.9 Å². The Bertz CT molecular complexity index is 345. The minimum atomic E-state index is 0.158. The van der Waals surface area contributed by atoms with Crippen molar-refractivity contribution < 1.29 is 9.15 Å². The van der Waals surface area contributed by atoms with Crippen LogP contribution in [0, 0.1) is 11.3 Å². The van der Waals surface area contributed by atoms with Gasteiger partial charge in [-0.25, -0.2) is 0 Å². The number of nitrogens with two attached hydrogens (primary N) is 1. The fourth-order valence-electron chi connectivity index (χ4n) is 3.02. The fourth-order valence-corrected chi connectivity index (χ4v) is 3.02. The van der Waals surface area contributed by atoms with E-state index in [-0.39, 0.29) is 5.41 Å². The molecule has 88 valence electrons. The van der Waals surface area contributed by atoms with Crippen LogP contribution >= 0.6 is 0 Å². The predicted molar refractivity (Wildman–Crippen MR) is 61.0 cm³/mol. The molecule has 0 radical (unpaired) electrons. The molecule has 0 amide bonds. The zero-order chi connectivity index (χ0) is 11.0. The van der Waals surface area contributed by atoms with Crippen LogP contribution in [0.4, 0.5) is 0 Å². The number of furan rings is 1. The number of rotatable bonds is 4. The molecule has 1 aliphatic carbocycles. The van der Waals surface area contributed by atoms with E-state index in [1.54, 1.807) is 6.26 Å². The van der Waals surface area contributed by atoms with Crippen molar-refractivity contribution in [1.29, 1.82) is 0 Å². The van der Waals surface area contributed by atoms with Gasteiger partial charge in [0.2, 0.25) is 0 Å². The Morgan fingerprint density at radius 1 is 1.44 bits per heavy atom. The molecule has 1 saturated heterocycles. The van der Waals surface area contributed by atoms with Gasteiger partial charge in [-0.2, -0.15) is 0 Å². The Balaban J connectivity index is 1.80. The third-order valence-electron chi connectivity index (χ3n) is 4.09. The van der Waals surface area contributed by atoms with Crippen molar-refractivity contribution in [2.75, 3.05) is 13.2 Å². The third kappa shape index (κ3) is 1.68. The summed E-state index contributed by atoms with van der Waals surface area (Å²) in [4.78, 5) is 0. The van der Waals surface area contributed by atoms with Crippen LogP contribution in [0.3, 0.4) is 0 Å². The first-order valence-electron chi connectivity index (χ1n) is 6.17. The lowest BCUT2D eigenvalue weighted by atomic mass is 9.74. The lowest BCUT2D eigenvalue weighted by Gasteiger charge is -2.32. The first kappa shape index (κ1) is 10.4. The molecule has 2 fully saturated rings. The van der Waals surface area contributed by atoms with Crippen LogP contribution < -0.4 is 5.73 Å². The smallest absolute Gasteiger partial charge is 0.0934 e. The molecule has 1 aromatic rings. The summed E-state index contributed by atoms with van der Waals surface area (Å²) in [5, 5.41) is 0. The zero-order valence-corrected chi connectivity index (χ0v) is 9.52. The maximum Gasteiger partial charge on any atom is 0.0934 e. The van der Waals surface area contributed by atoms with E-state index < -0.39 is 0 Å². The van der Waals surface area contributed by atoms with Crippen LogP contribution in [0.1, 0.15) is 24.8 Å². The maximum atomic E-state index is 6.03. The van der Waals surface area contributed by atoms with E-state index in [2.05, 4.69) is 0 Å². The molecule has 2 N–H and O–H groups in total. The predicted octanol–water partition coefficient (Wildman–Crippen LogP) is 1.97. The average Bonchev–Trinajstić information content (AvgIpc) is 2.86. The van der Waals surface area contributed by atoms with E-state index in [9.17, 15) is 0 Å². The van der Waals surface area contributed by atoms with Gasteiger partial charge in [0.1, 0.15) is 0 Å². The summed E-state index contributed by atoms with van der Waals surface area (Å²) in [6.45, 7) is 1.59. The molecule has 2 unspecified atom stereocenters. The number of hydrogen-bond donors (Lipinski definition) is 1. The summed E-state index contributed by atoms with van der Waals surface area (Å²) in [6.07, 6.45) is 8.68. The molecule has 2 aliphatic rings. The highest BCUT2D eigenvalue weighted by Crippen LogP contribution is 2.48. The van der Waals surface area contributed by atoms with Crippen LogP contribution in [0.5, 0.6) is 0 Å². The van der Waals surface area contributed by atoms with Crippen LogP contribution in [0.15, 0.2) is 23.0 Å². The van der Waals surface area contributed by atoms with Gasteiger partial charge in [-0.05, 0) is 43.2 Å². The summed E-state index contributed by atoms with van der Waals surface area (Å²) in [5.41, 5.74) is 7.44. The van der Waals surface area contributed by atoms with E-state index in [1.807, 2.05) is 12.3 Å². The Morgan fingerprint density at radius 2 is 2.31 bits per heavy atom. The Hall–Kier alpha value is -0.800. The SMILES string of the molecule is NCC1(Cc2ccoc2)CCOC1C1CC1. The zero-order valence-electron chi connectivity index (χ0n) is 9.52. The van der Waals surface area contributed by atoms with E-state index >= 15 is 0 Å². The third-order valence-corrected chi connectivity index (χ3v) is 4.09. The molecule has 0 bridgehead atoms. The molecule has 1 saturated carbocycles. The van der Waals surface area contributed by atoms with Crippen molar-refractivity contribution in [1.82, 2.24) is 0 Å². The Kier molecular flexibility index (Phi) is 2.52. The van der Waals surface area contributed by atoms with E-state index in [0.717, 1.165) is 31.9 Å². The molecule has 0 aromatic carbocycles. The highest BCUT2D eigenvalue weighted by Gasteiger charge is 2.50. The van der Waals surface area contributed by atoms with Gasteiger partial charge in [-0.1, -0.05) is 0 Å². The highest BCUT2D eigenvalue weighted by molar-refractivity contribution is 5.13. The van der Waals surface area contributed by atoms with Gasteiger partial charge in [0.25, 0.3) is 0 Å². The molecule has 0 spiro atoms. The van der Waals surface area contributed by atoms with Gasteiger partial charge in [-0.3, -0.25) is 0 Å². The second-order valence-electron chi connectivity index (χ2n) is 5.25. The van der Waals surface area contributed by atoms with Crippen LogP contribution in [0.2, 0.25) is 0 Å². The molecule has 2 atom stereocenters. The summed E-state index contributed by atoms with van der Waals surface area (Å²) in [5.74, 6) is 0.762.